The van der Waals surface area contributed by atoms with E-state index < -0.39 is 0 Å². The van der Waals surface area contributed by atoms with Gasteiger partial charge >= 0.3 is 0 Å². The molecule has 1 aliphatic rings. The van der Waals surface area contributed by atoms with E-state index in [1.165, 1.54) is 11.5 Å². The Balaban J connectivity index is 1.40. The third-order valence-electron chi connectivity index (χ3n) is 5.49. The van der Waals surface area contributed by atoms with Gasteiger partial charge in [0, 0.05) is 37.1 Å². The minimum absolute atomic E-state index is 0.0193. The van der Waals surface area contributed by atoms with Gasteiger partial charge in [-0.1, -0.05) is 30.3 Å². The molecule has 1 fully saturated rings. The maximum Gasteiger partial charge on any atom is 0.274 e. The molecule has 2 aromatic carbocycles. The number of carbonyl (C=O) groups excluding carboxylic acids is 2. The molecule has 3 aromatic rings. The quantitative estimate of drug-likeness (QED) is 0.546. The van der Waals surface area contributed by atoms with Gasteiger partial charge < -0.3 is 19.3 Å². The topological polar surface area (TPSA) is 72.0 Å². The summed E-state index contributed by atoms with van der Waals surface area (Å²) in [7, 11) is 0. The van der Waals surface area contributed by atoms with Gasteiger partial charge in [0.1, 0.15) is 5.69 Å². The minimum atomic E-state index is -0.0717. The van der Waals surface area contributed by atoms with Crippen molar-refractivity contribution < 1.29 is 19.1 Å². The van der Waals surface area contributed by atoms with Gasteiger partial charge in [0.2, 0.25) is 5.91 Å². The molecule has 0 unspecified atom stereocenters. The number of rotatable bonds is 7. The summed E-state index contributed by atoms with van der Waals surface area (Å²) in [5.74, 6) is 1.24. The summed E-state index contributed by atoms with van der Waals surface area (Å²) in [4.78, 5) is 29.6. The van der Waals surface area contributed by atoms with Crippen molar-refractivity contribution >= 4 is 33.4 Å². The summed E-state index contributed by atoms with van der Waals surface area (Å²) >= 11 is 1.34. The van der Waals surface area contributed by atoms with Crippen LogP contribution in [0.25, 0.3) is 10.1 Å². The van der Waals surface area contributed by atoms with Gasteiger partial charge in [0.15, 0.2) is 11.5 Å². The monoisotopic (exact) mass is 453 g/mol. The van der Waals surface area contributed by atoms with E-state index in [0.29, 0.717) is 56.6 Å². The Bertz CT molecular complexity index is 1110. The number of carbonyl (C=O) groups is 2. The fourth-order valence-electron chi connectivity index (χ4n) is 3.90. The molecule has 32 heavy (non-hydrogen) atoms. The Hall–Kier alpha value is -3.13. The van der Waals surface area contributed by atoms with Crippen molar-refractivity contribution in [3.8, 4) is 11.5 Å². The normalized spacial score (nSPS) is 13.9. The van der Waals surface area contributed by atoms with Gasteiger partial charge in [-0.15, -0.1) is 0 Å². The minimum Gasteiger partial charge on any atom is -0.490 e. The molecule has 7 nitrogen and oxygen atoms in total. The predicted molar refractivity (Wildman–Crippen MR) is 125 cm³/mol. The Morgan fingerprint density at radius 1 is 0.938 bits per heavy atom. The first-order valence-electron chi connectivity index (χ1n) is 10.9. The average Bonchev–Trinajstić information content (AvgIpc) is 3.25. The second kappa shape index (κ2) is 9.99. The summed E-state index contributed by atoms with van der Waals surface area (Å²) in [6, 6.07) is 13.4. The fourth-order valence-corrected chi connectivity index (χ4v) is 4.67. The lowest BCUT2D eigenvalue weighted by atomic mass is 10.1. The summed E-state index contributed by atoms with van der Waals surface area (Å²) in [6.07, 6.45) is 0.237. The number of amides is 2. The third kappa shape index (κ3) is 4.55. The number of ether oxygens (including phenoxy) is 2. The highest BCUT2D eigenvalue weighted by Gasteiger charge is 2.27. The molecule has 1 saturated heterocycles. The molecular formula is C24H27N3O4S. The first-order valence-corrected chi connectivity index (χ1v) is 11.7. The first kappa shape index (κ1) is 22.1. The number of benzene rings is 2. The largest absolute Gasteiger partial charge is 0.490 e. The fraction of sp³-hybridized carbons (Fsp3) is 0.375. The van der Waals surface area contributed by atoms with Crippen molar-refractivity contribution in [2.24, 2.45) is 0 Å². The number of nitrogens with zero attached hydrogens (tertiary/aromatic N) is 3. The number of para-hydroxylation sites is 1. The number of hydrogen-bond donors (Lipinski definition) is 0. The maximum atomic E-state index is 13.0. The molecule has 0 atom stereocenters. The molecule has 8 heteroatoms. The van der Waals surface area contributed by atoms with Crippen LogP contribution >= 0.6 is 11.5 Å². The molecule has 0 saturated carbocycles. The van der Waals surface area contributed by atoms with Crippen LogP contribution in [0.2, 0.25) is 0 Å². The van der Waals surface area contributed by atoms with Gasteiger partial charge in [0.25, 0.3) is 5.91 Å². The van der Waals surface area contributed by atoms with Crippen LogP contribution in [-0.2, 0) is 11.2 Å². The Morgan fingerprint density at radius 3 is 2.41 bits per heavy atom. The number of aromatic nitrogens is 1. The predicted octanol–water partition coefficient (Wildman–Crippen LogP) is 3.62. The number of hydrogen-bond acceptors (Lipinski definition) is 6. The molecule has 2 heterocycles. The third-order valence-corrected chi connectivity index (χ3v) is 6.32. The number of fused-ring (bicyclic) bond motifs is 1. The van der Waals surface area contributed by atoms with E-state index in [9.17, 15) is 9.59 Å². The van der Waals surface area contributed by atoms with Crippen LogP contribution in [0, 0.1) is 0 Å². The van der Waals surface area contributed by atoms with Crippen LogP contribution < -0.4 is 9.47 Å². The van der Waals surface area contributed by atoms with Gasteiger partial charge in [0.05, 0.1) is 24.3 Å². The lowest BCUT2D eigenvalue weighted by molar-refractivity contribution is -0.131. The average molecular weight is 454 g/mol. The summed E-state index contributed by atoms with van der Waals surface area (Å²) < 4.78 is 16.8. The van der Waals surface area contributed by atoms with Crippen LogP contribution in [0.3, 0.4) is 0 Å². The highest BCUT2D eigenvalue weighted by molar-refractivity contribution is 7.13. The van der Waals surface area contributed by atoms with E-state index in [-0.39, 0.29) is 18.2 Å². The summed E-state index contributed by atoms with van der Waals surface area (Å²) in [5.41, 5.74) is 1.31. The van der Waals surface area contributed by atoms with Crippen LogP contribution in [0.15, 0.2) is 42.5 Å². The summed E-state index contributed by atoms with van der Waals surface area (Å²) in [5, 5.41) is 0.888. The number of piperazine rings is 1. The molecule has 2 amide bonds. The van der Waals surface area contributed by atoms with Crippen molar-refractivity contribution in [3.05, 3.63) is 53.7 Å². The smallest absolute Gasteiger partial charge is 0.274 e. The molecule has 168 valence electrons. The SMILES string of the molecule is CCOc1cccc(CC(=O)N2CCN(C(=O)c3nsc4ccccc34)CC2)c1OCC. The van der Waals surface area contributed by atoms with Crippen molar-refractivity contribution in [1.29, 1.82) is 0 Å². The maximum absolute atomic E-state index is 13.0. The van der Waals surface area contributed by atoms with Crippen LogP contribution in [0.4, 0.5) is 0 Å². The molecule has 1 aromatic heterocycles. The van der Waals surface area contributed by atoms with Gasteiger partial charge in [-0.05, 0) is 37.5 Å². The van der Waals surface area contributed by atoms with E-state index in [0.717, 1.165) is 15.6 Å². The lowest BCUT2D eigenvalue weighted by Crippen LogP contribution is -2.51. The van der Waals surface area contributed by atoms with E-state index in [4.69, 9.17) is 9.47 Å². The van der Waals surface area contributed by atoms with Crippen LogP contribution in [0.5, 0.6) is 11.5 Å². The molecule has 0 radical (unpaired) electrons. The van der Waals surface area contributed by atoms with Crippen LogP contribution in [0.1, 0.15) is 29.9 Å². The zero-order valence-electron chi connectivity index (χ0n) is 18.4. The standard InChI is InChI=1S/C24H27N3O4S/c1-3-30-19-10-7-8-17(23(19)31-4-2)16-21(28)26-12-14-27(15-13-26)24(29)22-18-9-5-6-11-20(18)32-25-22/h5-11H,3-4,12-16H2,1-2H3. The molecule has 0 spiro atoms. The van der Waals surface area contributed by atoms with Gasteiger partial charge in [-0.25, -0.2) is 0 Å². The van der Waals surface area contributed by atoms with Crippen LogP contribution in [-0.4, -0.2) is 65.4 Å². The molecule has 0 N–H and O–H groups in total. The highest BCUT2D eigenvalue weighted by Crippen LogP contribution is 2.32. The Kier molecular flexibility index (Phi) is 6.90. The second-order valence-electron chi connectivity index (χ2n) is 7.49. The molecular weight excluding hydrogens is 426 g/mol. The van der Waals surface area contributed by atoms with Gasteiger partial charge in [-0.3, -0.25) is 9.59 Å². The summed E-state index contributed by atoms with van der Waals surface area (Å²) in [6.45, 7) is 6.85. The van der Waals surface area contributed by atoms with E-state index in [1.54, 1.807) is 4.90 Å². The van der Waals surface area contributed by atoms with E-state index >= 15 is 0 Å². The lowest BCUT2D eigenvalue weighted by Gasteiger charge is -2.34. The van der Waals surface area contributed by atoms with Gasteiger partial charge in [-0.2, -0.15) is 4.37 Å². The Labute approximate surface area is 191 Å². The zero-order chi connectivity index (χ0) is 22.5. The molecule has 1 aliphatic heterocycles. The molecule has 0 bridgehead atoms. The van der Waals surface area contributed by atoms with Crippen molar-refractivity contribution in [2.75, 3.05) is 39.4 Å². The molecule has 0 aliphatic carbocycles. The van der Waals surface area contributed by atoms with Crippen molar-refractivity contribution in [1.82, 2.24) is 14.2 Å². The zero-order valence-corrected chi connectivity index (χ0v) is 19.2. The molecule has 4 rings (SSSR count). The first-order chi connectivity index (χ1) is 15.6. The highest BCUT2D eigenvalue weighted by atomic mass is 32.1. The van der Waals surface area contributed by atoms with E-state index in [1.807, 2.05) is 61.2 Å². The van der Waals surface area contributed by atoms with E-state index in [2.05, 4.69) is 4.37 Å². The Morgan fingerprint density at radius 2 is 1.66 bits per heavy atom. The van der Waals surface area contributed by atoms with Crippen molar-refractivity contribution in [2.45, 2.75) is 20.3 Å². The van der Waals surface area contributed by atoms with Crippen molar-refractivity contribution in [3.63, 3.8) is 0 Å². The second-order valence-corrected chi connectivity index (χ2v) is 8.29.